The Hall–Kier alpha value is -4.41. The monoisotopic (exact) mass is 558 g/mol. The van der Waals surface area contributed by atoms with Crippen LogP contribution in [0, 0.1) is 31.0 Å². The van der Waals surface area contributed by atoms with E-state index in [1.165, 1.54) is 58.4 Å². The van der Waals surface area contributed by atoms with Gasteiger partial charge in [-0.25, -0.2) is 9.11 Å². The Labute approximate surface area is 226 Å². The van der Waals surface area contributed by atoms with Gasteiger partial charge in [0.2, 0.25) is 0 Å². The van der Waals surface area contributed by atoms with Crippen molar-refractivity contribution < 1.29 is 22.3 Å². The van der Waals surface area contributed by atoms with Crippen molar-refractivity contribution in [1.82, 2.24) is 14.6 Å². The molecule has 0 bridgehead atoms. The molecule has 1 heterocycles. The van der Waals surface area contributed by atoms with Gasteiger partial charge in [0.05, 0.1) is 16.9 Å². The van der Waals surface area contributed by atoms with Crippen LogP contribution in [-0.2, 0) is 17.3 Å². The first-order chi connectivity index (χ1) is 18.4. The number of hydrogen-bond acceptors (Lipinski definition) is 7. The first kappa shape index (κ1) is 30.8. The van der Waals surface area contributed by atoms with Gasteiger partial charge in [-0.05, 0) is 43.7 Å². The third-order valence-corrected chi connectivity index (χ3v) is 6.49. The van der Waals surface area contributed by atoms with Crippen molar-refractivity contribution in [2.45, 2.75) is 27.7 Å². The van der Waals surface area contributed by atoms with Crippen LogP contribution in [0.1, 0.15) is 40.9 Å². The fourth-order valence-corrected chi connectivity index (χ4v) is 4.06. The molecule has 208 valence electrons. The molecule has 0 radical (unpaired) electrons. The molecule has 0 atom stereocenters. The summed E-state index contributed by atoms with van der Waals surface area (Å²) in [7, 11) is 0.0166. The van der Waals surface area contributed by atoms with Crippen LogP contribution in [0.3, 0.4) is 0 Å². The summed E-state index contributed by atoms with van der Waals surface area (Å²) in [6.45, 7) is 7.15. The van der Waals surface area contributed by atoms with E-state index in [4.69, 9.17) is 4.74 Å². The van der Waals surface area contributed by atoms with E-state index in [1.807, 2.05) is 19.9 Å². The molecule has 1 amide bonds. The molecule has 0 aliphatic carbocycles. The molecule has 0 unspecified atom stereocenters. The highest BCUT2D eigenvalue weighted by Gasteiger charge is 2.27. The molecule has 0 spiro atoms. The third kappa shape index (κ3) is 6.73. The van der Waals surface area contributed by atoms with Gasteiger partial charge < -0.3 is 15.4 Å². The molecule has 13 heteroatoms. The van der Waals surface area contributed by atoms with Crippen molar-refractivity contribution in [3.05, 3.63) is 74.8 Å². The first-order valence-electron chi connectivity index (χ1n) is 11.8. The molecule has 0 fully saturated rings. The van der Waals surface area contributed by atoms with E-state index in [2.05, 4.69) is 20.1 Å². The third-order valence-electron chi connectivity index (χ3n) is 5.46. The van der Waals surface area contributed by atoms with E-state index in [0.29, 0.717) is 5.56 Å². The highest BCUT2D eigenvalue weighted by atomic mass is 32.2. The van der Waals surface area contributed by atoms with Crippen LogP contribution in [0.5, 0.6) is 11.5 Å². The lowest BCUT2D eigenvalue weighted by molar-refractivity contribution is 0.0960. The number of carbonyl (C=O) groups is 1. The fraction of sp³-hybridized carbons (Fsp3) is 0.269. The molecular formula is C26H31FN6O5S. The van der Waals surface area contributed by atoms with Crippen LogP contribution in [-0.4, -0.2) is 33.0 Å². The van der Waals surface area contributed by atoms with Crippen molar-refractivity contribution in [2.75, 3.05) is 24.1 Å². The Morgan fingerprint density at radius 2 is 1.77 bits per heavy atom. The average Bonchev–Trinajstić information content (AvgIpc) is 2.92. The Morgan fingerprint density at radius 3 is 2.33 bits per heavy atom. The van der Waals surface area contributed by atoms with Gasteiger partial charge in [-0.15, -0.1) is 0 Å². The van der Waals surface area contributed by atoms with Crippen LogP contribution in [0.15, 0.2) is 41.2 Å². The van der Waals surface area contributed by atoms with Gasteiger partial charge in [-0.3, -0.25) is 18.9 Å². The summed E-state index contributed by atoms with van der Waals surface area (Å²) in [5, 5.41) is 15.0. The number of hydrogen-bond donors (Lipinski definition) is 4. The lowest BCUT2D eigenvalue weighted by Gasteiger charge is -2.21. The number of aryl methyl sites for hydroxylation is 1. The van der Waals surface area contributed by atoms with Crippen LogP contribution in [0.25, 0.3) is 0 Å². The number of rotatable bonds is 8. The number of aromatic nitrogens is 1. The molecule has 11 nitrogen and oxygen atoms in total. The van der Waals surface area contributed by atoms with Crippen molar-refractivity contribution in [2.24, 2.45) is 7.05 Å². The summed E-state index contributed by atoms with van der Waals surface area (Å²) in [6.07, 6.45) is 0. The van der Waals surface area contributed by atoms with Gasteiger partial charge in [-0.2, -0.15) is 13.7 Å². The molecule has 2 aromatic carbocycles. The van der Waals surface area contributed by atoms with E-state index >= 15 is 0 Å². The lowest BCUT2D eigenvalue weighted by Crippen LogP contribution is -2.29. The van der Waals surface area contributed by atoms with Crippen LogP contribution in [0.2, 0.25) is 0 Å². The minimum Gasteiger partial charge on any atom is -0.454 e. The van der Waals surface area contributed by atoms with E-state index in [1.54, 1.807) is 13.0 Å². The number of anilines is 3. The highest BCUT2D eigenvalue weighted by molar-refractivity contribution is 7.90. The molecule has 3 rings (SSSR count). The summed E-state index contributed by atoms with van der Waals surface area (Å²) in [4.78, 5) is 26.1. The summed E-state index contributed by atoms with van der Waals surface area (Å²) in [5.41, 5.74) is -0.242. The van der Waals surface area contributed by atoms with Crippen LogP contribution in [0.4, 0.5) is 21.6 Å². The summed E-state index contributed by atoms with van der Waals surface area (Å²) >= 11 is 0. The number of nitrogens with zero attached hydrogens (tertiary/aromatic N) is 2. The van der Waals surface area contributed by atoms with Gasteiger partial charge in [0.15, 0.2) is 5.75 Å². The molecule has 3 aromatic rings. The van der Waals surface area contributed by atoms with Crippen molar-refractivity contribution in [1.29, 1.82) is 5.26 Å². The second-order valence-corrected chi connectivity index (χ2v) is 9.55. The smallest absolute Gasteiger partial charge is 0.298 e. The molecule has 1 aromatic heterocycles. The standard InChI is InChI=1S/C24H25FN6O5S.C2H6/c1-13-9-10-18(16(25)11-13)29-22-20(23(32)27-3)21(14(2)24(33)31(22)5)36-19-8-6-7-17(15(19)12-26)30-37(34,35)28-4;1-2/h6-11,28-30H,1-5H3,(H,27,32);1-2H3. The molecule has 0 aliphatic heterocycles. The number of nitriles is 1. The minimum atomic E-state index is -3.96. The van der Waals surface area contributed by atoms with E-state index < -0.39 is 27.5 Å². The predicted molar refractivity (Wildman–Crippen MR) is 148 cm³/mol. The van der Waals surface area contributed by atoms with Crippen LogP contribution < -0.4 is 30.4 Å². The van der Waals surface area contributed by atoms with Crippen LogP contribution >= 0.6 is 0 Å². The van der Waals surface area contributed by atoms with E-state index in [0.717, 1.165) is 4.57 Å². The lowest BCUT2D eigenvalue weighted by atomic mass is 10.1. The molecule has 0 aliphatic rings. The van der Waals surface area contributed by atoms with Gasteiger partial charge in [-0.1, -0.05) is 26.0 Å². The number of amides is 1. The first-order valence-corrected chi connectivity index (χ1v) is 13.3. The summed E-state index contributed by atoms with van der Waals surface area (Å²) in [5.74, 6) is -1.63. The molecule has 4 N–H and O–H groups in total. The van der Waals surface area contributed by atoms with Gasteiger partial charge in [0.1, 0.15) is 34.6 Å². The number of halogens is 1. The van der Waals surface area contributed by atoms with E-state index in [-0.39, 0.29) is 45.4 Å². The zero-order valence-electron chi connectivity index (χ0n) is 22.7. The second kappa shape index (κ2) is 12.9. The molecular weight excluding hydrogens is 527 g/mol. The number of benzene rings is 2. The maximum atomic E-state index is 14.6. The highest BCUT2D eigenvalue weighted by Crippen LogP contribution is 2.37. The Kier molecular flexibility index (Phi) is 10.2. The number of carbonyl (C=O) groups excluding carboxylic acids is 1. The quantitative estimate of drug-likeness (QED) is 0.328. The van der Waals surface area contributed by atoms with Crippen molar-refractivity contribution in [3.8, 4) is 17.6 Å². The average molecular weight is 559 g/mol. The number of nitrogens with one attached hydrogen (secondary N) is 4. The second-order valence-electron chi connectivity index (χ2n) is 7.93. The Bertz CT molecular complexity index is 1600. The normalized spacial score (nSPS) is 10.5. The Morgan fingerprint density at radius 1 is 1.10 bits per heavy atom. The molecule has 39 heavy (non-hydrogen) atoms. The van der Waals surface area contributed by atoms with E-state index in [9.17, 15) is 27.7 Å². The fourth-order valence-electron chi connectivity index (χ4n) is 3.49. The molecule has 0 saturated heterocycles. The van der Waals surface area contributed by atoms with Gasteiger partial charge >= 0.3 is 0 Å². The summed E-state index contributed by atoms with van der Waals surface area (Å²) < 4.78 is 50.0. The summed E-state index contributed by atoms with van der Waals surface area (Å²) in [6, 6.07) is 10.5. The number of pyridine rings is 1. The topological polar surface area (TPSA) is 154 Å². The zero-order chi connectivity index (χ0) is 29.5. The van der Waals surface area contributed by atoms with Gasteiger partial charge in [0.25, 0.3) is 21.7 Å². The molecule has 0 saturated carbocycles. The maximum absolute atomic E-state index is 14.6. The maximum Gasteiger partial charge on any atom is 0.298 e. The van der Waals surface area contributed by atoms with Crippen molar-refractivity contribution in [3.63, 3.8) is 0 Å². The minimum absolute atomic E-state index is 0.0155. The zero-order valence-corrected chi connectivity index (χ0v) is 23.5. The number of ether oxygens (including phenoxy) is 1. The van der Waals surface area contributed by atoms with Gasteiger partial charge in [0, 0.05) is 21.1 Å². The SMILES string of the molecule is CC.CNC(=O)c1c(Oc2cccc(NS(=O)(=O)NC)c2C#N)c(C)c(=O)n(C)c1Nc1ccc(C)cc1F. The predicted octanol–water partition coefficient (Wildman–Crippen LogP) is 3.81. The largest absolute Gasteiger partial charge is 0.454 e. The Balaban J connectivity index is 0.00000260. The van der Waals surface area contributed by atoms with Crippen molar-refractivity contribution >= 4 is 33.3 Å².